The van der Waals surface area contributed by atoms with Crippen molar-refractivity contribution >= 4 is 5.91 Å². The molecule has 0 spiro atoms. The van der Waals surface area contributed by atoms with Crippen LogP contribution in [0.2, 0.25) is 0 Å². The molecule has 0 unspecified atom stereocenters. The first-order valence-corrected chi connectivity index (χ1v) is 6.11. The van der Waals surface area contributed by atoms with Gasteiger partial charge in [-0.2, -0.15) is 0 Å². The maximum atomic E-state index is 12.3. The number of carbonyl (C=O) groups excluding carboxylic acids is 1. The second-order valence-electron chi connectivity index (χ2n) is 4.86. The largest absolute Gasteiger partial charge is 0.338 e. The average Bonchev–Trinajstić information content (AvgIpc) is 2.29. The minimum atomic E-state index is 0.162. The van der Waals surface area contributed by atoms with Crippen molar-refractivity contribution in [1.82, 2.24) is 4.90 Å². The third kappa shape index (κ3) is 2.57. The fraction of sp³-hybridized carbons (Fsp3) is 0.400. The van der Waals surface area contributed by atoms with Crippen LogP contribution >= 0.6 is 0 Å². The van der Waals surface area contributed by atoms with Crippen LogP contribution in [0.4, 0.5) is 0 Å². The fourth-order valence-electron chi connectivity index (χ4n) is 2.25. The Balaban J connectivity index is 2.16. The zero-order chi connectivity index (χ0) is 12.4. The van der Waals surface area contributed by atoms with Gasteiger partial charge < -0.3 is 4.90 Å². The standard InChI is InChI=1S/C15H19NO/c1-11-6-8-16(9-7-11)15(17)14-5-4-12(2)10-13(14)3/h4-5,10H,1,6-9H2,2-3H3. The maximum Gasteiger partial charge on any atom is 0.254 e. The normalized spacial score (nSPS) is 16.1. The van der Waals surface area contributed by atoms with Gasteiger partial charge in [-0.15, -0.1) is 0 Å². The number of amides is 1. The van der Waals surface area contributed by atoms with Crippen molar-refractivity contribution in [2.75, 3.05) is 13.1 Å². The quantitative estimate of drug-likeness (QED) is 0.678. The molecule has 0 N–H and O–H groups in total. The number of hydrogen-bond acceptors (Lipinski definition) is 1. The van der Waals surface area contributed by atoms with Gasteiger partial charge in [0.1, 0.15) is 0 Å². The molecule has 1 fully saturated rings. The van der Waals surface area contributed by atoms with Crippen LogP contribution in [0.15, 0.2) is 30.4 Å². The summed E-state index contributed by atoms with van der Waals surface area (Å²) in [5.74, 6) is 0.162. The predicted molar refractivity (Wildman–Crippen MR) is 70.2 cm³/mol. The van der Waals surface area contributed by atoms with Gasteiger partial charge in [-0.1, -0.05) is 29.8 Å². The predicted octanol–water partition coefficient (Wildman–Crippen LogP) is 3.10. The molecule has 1 heterocycles. The maximum absolute atomic E-state index is 12.3. The van der Waals surface area contributed by atoms with Gasteiger partial charge in [-0.25, -0.2) is 0 Å². The number of aryl methyl sites for hydroxylation is 2. The Morgan fingerprint density at radius 2 is 1.88 bits per heavy atom. The molecule has 1 aromatic rings. The van der Waals surface area contributed by atoms with Crippen LogP contribution in [0.3, 0.4) is 0 Å². The second kappa shape index (κ2) is 4.74. The molecule has 0 radical (unpaired) electrons. The first kappa shape index (κ1) is 11.9. The Hall–Kier alpha value is -1.57. The molecule has 0 aliphatic carbocycles. The Morgan fingerprint density at radius 3 is 2.47 bits per heavy atom. The number of carbonyl (C=O) groups is 1. The molecule has 90 valence electrons. The highest BCUT2D eigenvalue weighted by molar-refractivity contribution is 5.95. The summed E-state index contributed by atoms with van der Waals surface area (Å²) < 4.78 is 0. The van der Waals surface area contributed by atoms with Gasteiger partial charge in [0.15, 0.2) is 0 Å². The molecular formula is C15H19NO. The number of nitrogens with zero attached hydrogens (tertiary/aromatic N) is 1. The summed E-state index contributed by atoms with van der Waals surface area (Å²) in [5.41, 5.74) is 4.36. The van der Waals surface area contributed by atoms with Gasteiger partial charge >= 0.3 is 0 Å². The number of likely N-dealkylation sites (tertiary alicyclic amines) is 1. The molecular weight excluding hydrogens is 210 g/mol. The lowest BCUT2D eigenvalue weighted by molar-refractivity contribution is 0.0743. The highest BCUT2D eigenvalue weighted by Crippen LogP contribution is 2.18. The van der Waals surface area contributed by atoms with E-state index in [1.165, 1.54) is 11.1 Å². The molecule has 2 heteroatoms. The van der Waals surface area contributed by atoms with Gasteiger partial charge in [0.25, 0.3) is 5.91 Å². The SMILES string of the molecule is C=C1CCN(C(=O)c2ccc(C)cc2C)CC1. The van der Waals surface area contributed by atoms with E-state index in [0.29, 0.717) is 0 Å². The molecule has 17 heavy (non-hydrogen) atoms. The molecule has 0 aromatic heterocycles. The molecule has 1 aliphatic heterocycles. The van der Waals surface area contributed by atoms with E-state index in [1.54, 1.807) is 0 Å². The number of rotatable bonds is 1. The minimum absolute atomic E-state index is 0.162. The van der Waals surface area contributed by atoms with E-state index in [1.807, 2.05) is 30.9 Å². The van der Waals surface area contributed by atoms with Gasteiger partial charge in [0, 0.05) is 18.7 Å². The van der Waals surface area contributed by atoms with Crippen LogP contribution in [0.1, 0.15) is 34.3 Å². The van der Waals surface area contributed by atoms with Crippen LogP contribution in [-0.4, -0.2) is 23.9 Å². The van der Waals surface area contributed by atoms with Crippen molar-refractivity contribution in [2.24, 2.45) is 0 Å². The zero-order valence-electron chi connectivity index (χ0n) is 10.6. The van der Waals surface area contributed by atoms with Gasteiger partial charge in [-0.3, -0.25) is 4.79 Å². The van der Waals surface area contributed by atoms with Crippen molar-refractivity contribution in [3.05, 3.63) is 47.0 Å². The van der Waals surface area contributed by atoms with Crippen molar-refractivity contribution in [2.45, 2.75) is 26.7 Å². The van der Waals surface area contributed by atoms with E-state index < -0.39 is 0 Å². The summed E-state index contributed by atoms with van der Waals surface area (Å²) in [5, 5.41) is 0. The molecule has 1 aliphatic rings. The first-order chi connectivity index (χ1) is 8.08. The van der Waals surface area contributed by atoms with Crippen molar-refractivity contribution < 1.29 is 4.79 Å². The van der Waals surface area contributed by atoms with Gasteiger partial charge in [-0.05, 0) is 38.3 Å². The van der Waals surface area contributed by atoms with Crippen LogP contribution in [0, 0.1) is 13.8 Å². The lowest BCUT2D eigenvalue weighted by atomic mass is 10.0. The van der Waals surface area contributed by atoms with Gasteiger partial charge in [0.05, 0.1) is 0 Å². The molecule has 0 saturated carbocycles. The first-order valence-electron chi connectivity index (χ1n) is 6.11. The molecule has 1 saturated heterocycles. The number of benzene rings is 1. The molecule has 1 aromatic carbocycles. The van der Waals surface area contributed by atoms with Crippen molar-refractivity contribution in [3.8, 4) is 0 Å². The van der Waals surface area contributed by atoms with E-state index in [4.69, 9.17) is 0 Å². The average molecular weight is 229 g/mol. The second-order valence-corrected chi connectivity index (χ2v) is 4.86. The van der Waals surface area contributed by atoms with Crippen LogP contribution < -0.4 is 0 Å². The Labute approximate surface area is 103 Å². The van der Waals surface area contributed by atoms with E-state index in [9.17, 15) is 4.79 Å². The van der Waals surface area contributed by atoms with E-state index in [2.05, 4.69) is 12.6 Å². The monoisotopic (exact) mass is 229 g/mol. The van der Waals surface area contributed by atoms with Crippen LogP contribution in [-0.2, 0) is 0 Å². The number of piperidine rings is 1. The van der Waals surface area contributed by atoms with E-state index in [-0.39, 0.29) is 5.91 Å². The summed E-state index contributed by atoms with van der Waals surface area (Å²) >= 11 is 0. The van der Waals surface area contributed by atoms with E-state index in [0.717, 1.165) is 37.1 Å². The Bertz CT molecular complexity index is 452. The Morgan fingerprint density at radius 1 is 1.24 bits per heavy atom. The molecule has 2 rings (SSSR count). The highest BCUT2D eigenvalue weighted by atomic mass is 16.2. The lowest BCUT2D eigenvalue weighted by Crippen LogP contribution is -2.36. The van der Waals surface area contributed by atoms with Crippen LogP contribution in [0.5, 0.6) is 0 Å². The summed E-state index contributed by atoms with van der Waals surface area (Å²) in [6.07, 6.45) is 1.88. The molecule has 2 nitrogen and oxygen atoms in total. The smallest absolute Gasteiger partial charge is 0.254 e. The Kier molecular flexibility index (Phi) is 3.32. The topological polar surface area (TPSA) is 20.3 Å². The third-order valence-electron chi connectivity index (χ3n) is 3.37. The van der Waals surface area contributed by atoms with Crippen LogP contribution in [0.25, 0.3) is 0 Å². The van der Waals surface area contributed by atoms with Gasteiger partial charge in [0.2, 0.25) is 0 Å². The van der Waals surface area contributed by atoms with E-state index >= 15 is 0 Å². The van der Waals surface area contributed by atoms with Crippen molar-refractivity contribution in [3.63, 3.8) is 0 Å². The molecule has 0 atom stereocenters. The fourth-order valence-corrected chi connectivity index (χ4v) is 2.25. The summed E-state index contributed by atoms with van der Waals surface area (Å²) in [6, 6.07) is 6.01. The lowest BCUT2D eigenvalue weighted by Gasteiger charge is -2.28. The minimum Gasteiger partial charge on any atom is -0.338 e. The van der Waals surface area contributed by atoms with Crippen molar-refractivity contribution in [1.29, 1.82) is 0 Å². The molecule has 0 bridgehead atoms. The highest BCUT2D eigenvalue weighted by Gasteiger charge is 2.20. The molecule has 1 amide bonds. The summed E-state index contributed by atoms with van der Waals surface area (Å²) in [6.45, 7) is 9.64. The number of hydrogen-bond donors (Lipinski definition) is 0. The summed E-state index contributed by atoms with van der Waals surface area (Å²) in [4.78, 5) is 14.3. The summed E-state index contributed by atoms with van der Waals surface area (Å²) in [7, 11) is 0. The zero-order valence-corrected chi connectivity index (χ0v) is 10.6. The third-order valence-corrected chi connectivity index (χ3v) is 3.37.